The van der Waals surface area contributed by atoms with E-state index in [1.165, 1.54) is 56.3 Å². The molecule has 0 amide bonds. The van der Waals surface area contributed by atoms with E-state index in [0.717, 1.165) is 18.9 Å². The van der Waals surface area contributed by atoms with Gasteiger partial charge in [-0.05, 0) is 48.4 Å². The smallest absolute Gasteiger partial charge is 0.115 e. The van der Waals surface area contributed by atoms with E-state index in [1.54, 1.807) is 0 Å². The summed E-state index contributed by atoms with van der Waals surface area (Å²) >= 11 is 0. The molecule has 0 bridgehead atoms. The third-order valence-electron chi connectivity index (χ3n) is 4.52. The predicted octanol–water partition coefficient (Wildman–Crippen LogP) is 3.33. The first-order valence-corrected chi connectivity index (χ1v) is 7.34. The Hall–Kier alpha value is -1.02. The number of phenols is 1. The van der Waals surface area contributed by atoms with Gasteiger partial charge in [0.1, 0.15) is 5.75 Å². The van der Waals surface area contributed by atoms with E-state index in [-0.39, 0.29) is 0 Å². The zero-order valence-corrected chi connectivity index (χ0v) is 11.1. The highest BCUT2D eigenvalue weighted by molar-refractivity contribution is 5.36. The maximum absolute atomic E-state index is 9.58. The molecule has 3 rings (SSSR count). The molecule has 0 aromatic heterocycles. The minimum absolute atomic E-state index is 0.410. The molecule has 2 heteroatoms. The van der Waals surface area contributed by atoms with Gasteiger partial charge in [-0.25, -0.2) is 0 Å². The lowest BCUT2D eigenvalue weighted by Crippen LogP contribution is -2.35. The Morgan fingerprint density at radius 1 is 1.11 bits per heavy atom. The Morgan fingerprint density at radius 3 is 2.78 bits per heavy atom. The second-order valence-corrected chi connectivity index (χ2v) is 5.94. The van der Waals surface area contributed by atoms with Crippen molar-refractivity contribution in [2.45, 2.75) is 45.1 Å². The molecule has 1 aliphatic heterocycles. The molecule has 0 spiro atoms. The van der Waals surface area contributed by atoms with Gasteiger partial charge in [0.15, 0.2) is 0 Å². The van der Waals surface area contributed by atoms with Gasteiger partial charge in [-0.1, -0.05) is 25.3 Å². The van der Waals surface area contributed by atoms with Crippen LogP contribution in [-0.4, -0.2) is 23.1 Å². The van der Waals surface area contributed by atoms with Crippen LogP contribution in [0.15, 0.2) is 18.2 Å². The lowest BCUT2D eigenvalue weighted by atomic mass is 9.88. The molecule has 0 radical (unpaired) electrons. The van der Waals surface area contributed by atoms with E-state index in [1.807, 2.05) is 12.1 Å². The molecule has 2 nitrogen and oxygen atoms in total. The summed E-state index contributed by atoms with van der Waals surface area (Å²) in [7, 11) is 0. The average molecular weight is 245 g/mol. The summed E-state index contributed by atoms with van der Waals surface area (Å²) in [5.74, 6) is 1.32. The molecule has 18 heavy (non-hydrogen) atoms. The Balaban J connectivity index is 1.63. The Morgan fingerprint density at radius 2 is 1.94 bits per heavy atom. The molecule has 1 N–H and O–H groups in total. The van der Waals surface area contributed by atoms with Gasteiger partial charge in [0.25, 0.3) is 0 Å². The average Bonchev–Trinajstić information content (AvgIpc) is 2.39. The van der Waals surface area contributed by atoms with Crippen molar-refractivity contribution in [3.63, 3.8) is 0 Å². The minimum Gasteiger partial charge on any atom is -0.508 e. The first kappa shape index (κ1) is 12.0. The van der Waals surface area contributed by atoms with Gasteiger partial charge < -0.3 is 5.11 Å². The largest absolute Gasteiger partial charge is 0.508 e. The van der Waals surface area contributed by atoms with Crippen LogP contribution in [0.4, 0.5) is 0 Å². The number of hydrogen-bond donors (Lipinski definition) is 1. The van der Waals surface area contributed by atoms with Gasteiger partial charge in [0.2, 0.25) is 0 Å². The maximum Gasteiger partial charge on any atom is 0.115 e. The van der Waals surface area contributed by atoms with Crippen molar-refractivity contribution in [2.24, 2.45) is 5.92 Å². The highest BCUT2D eigenvalue weighted by Gasteiger charge is 2.21. The van der Waals surface area contributed by atoms with Crippen LogP contribution in [-0.2, 0) is 13.0 Å². The van der Waals surface area contributed by atoms with Gasteiger partial charge in [-0.3, -0.25) is 4.90 Å². The van der Waals surface area contributed by atoms with Crippen molar-refractivity contribution < 1.29 is 5.11 Å². The molecule has 2 aliphatic rings. The van der Waals surface area contributed by atoms with Crippen molar-refractivity contribution in [3.05, 3.63) is 29.3 Å². The topological polar surface area (TPSA) is 23.5 Å². The van der Waals surface area contributed by atoms with Crippen LogP contribution in [0.1, 0.15) is 43.2 Å². The summed E-state index contributed by atoms with van der Waals surface area (Å²) in [6.07, 6.45) is 8.27. The number of hydrogen-bond acceptors (Lipinski definition) is 2. The Kier molecular flexibility index (Phi) is 3.55. The molecule has 1 aromatic rings. The fourth-order valence-electron chi connectivity index (χ4n) is 3.49. The monoisotopic (exact) mass is 245 g/mol. The molecule has 1 saturated carbocycles. The van der Waals surface area contributed by atoms with E-state index in [2.05, 4.69) is 11.0 Å². The summed E-state index contributed by atoms with van der Waals surface area (Å²) in [4.78, 5) is 2.58. The highest BCUT2D eigenvalue weighted by atomic mass is 16.3. The Bertz CT molecular complexity index is 410. The number of rotatable bonds is 2. The molecule has 98 valence electrons. The summed E-state index contributed by atoms with van der Waals surface area (Å²) in [5, 5.41) is 9.58. The van der Waals surface area contributed by atoms with Crippen LogP contribution in [0.5, 0.6) is 5.75 Å². The zero-order valence-electron chi connectivity index (χ0n) is 11.1. The number of benzene rings is 1. The molecule has 1 aromatic carbocycles. The van der Waals surface area contributed by atoms with E-state index in [0.29, 0.717) is 5.75 Å². The van der Waals surface area contributed by atoms with Crippen molar-refractivity contribution >= 4 is 0 Å². The van der Waals surface area contributed by atoms with Gasteiger partial charge in [-0.2, -0.15) is 0 Å². The summed E-state index contributed by atoms with van der Waals surface area (Å²) < 4.78 is 0. The van der Waals surface area contributed by atoms with Crippen LogP contribution in [0, 0.1) is 5.92 Å². The van der Waals surface area contributed by atoms with Crippen molar-refractivity contribution in [3.8, 4) is 5.75 Å². The number of nitrogens with zero attached hydrogens (tertiary/aromatic N) is 1. The Labute approximate surface area is 110 Å². The lowest BCUT2D eigenvalue weighted by molar-refractivity contribution is 0.187. The first-order chi connectivity index (χ1) is 8.81. The van der Waals surface area contributed by atoms with Gasteiger partial charge >= 0.3 is 0 Å². The van der Waals surface area contributed by atoms with Crippen molar-refractivity contribution in [1.82, 2.24) is 4.90 Å². The summed E-state index contributed by atoms with van der Waals surface area (Å²) in [6, 6.07) is 5.85. The van der Waals surface area contributed by atoms with E-state index < -0.39 is 0 Å². The molecule has 0 saturated heterocycles. The lowest BCUT2D eigenvalue weighted by Gasteiger charge is -2.33. The van der Waals surface area contributed by atoms with Gasteiger partial charge in [0.05, 0.1) is 0 Å². The fraction of sp³-hybridized carbons (Fsp3) is 0.625. The fourth-order valence-corrected chi connectivity index (χ4v) is 3.49. The molecule has 1 heterocycles. The van der Waals surface area contributed by atoms with Gasteiger partial charge in [-0.15, -0.1) is 0 Å². The quantitative estimate of drug-likeness (QED) is 0.864. The van der Waals surface area contributed by atoms with Crippen molar-refractivity contribution in [2.75, 3.05) is 13.1 Å². The zero-order chi connectivity index (χ0) is 12.4. The first-order valence-electron chi connectivity index (χ1n) is 7.34. The van der Waals surface area contributed by atoms with Crippen LogP contribution >= 0.6 is 0 Å². The molecule has 1 fully saturated rings. The second kappa shape index (κ2) is 5.31. The standard InChI is InChI=1S/C16H23NO/c18-16-7-6-14-8-9-17(12-15(14)10-16)11-13-4-2-1-3-5-13/h6-7,10,13,18H,1-5,8-9,11-12H2. The third kappa shape index (κ3) is 2.69. The van der Waals surface area contributed by atoms with E-state index in [4.69, 9.17) is 0 Å². The maximum atomic E-state index is 9.58. The minimum atomic E-state index is 0.410. The van der Waals surface area contributed by atoms with Crippen molar-refractivity contribution in [1.29, 1.82) is 0 Å². The number of fused-ring (bicyclic) bond motifs is 1. The second-order valence-electron chi connectivity index (χ2n) is 5.94. The molecular weight excluding hydrogens is 222 g/mol. The van der Waals surface area contributed by atoms with Gasteiger partial charge in [0, 0.05) is 19.6 Å². The van der Waals surface area contributed by atoms with Crippen LogP contribution in [0.25, 0.3) is 0 Å². The summed E-state index contributed by atoms with van der Waals surface area (Å²) in [5.41, 5.74) is 2.75. The molecule has 1 aliphatic carbocycles. The number of phenolic OH excluding ortho intramolecular Hbond substituents is 1. The normalized spacial score (nSPS) is 21.8. The van der Waals surface area contributed by atoms with Crippen LogP contribution in [0.2, 0.25) is 0 Å². The molecule has 0 atom stereocenters. The third-order valence-corrected chi connectivity index (χ3v) is 4.52. The highest BCUT2D eigenvalue weighted by Crippen LogP contribution is 2.28. The van der Waals surface area contributed by atoms with E-state index >= 15 is 0 Å². The summed E-state index contributed by atoms with van der Waals surface area (Å²) in [6.45, 7) is 3.48. The van der Waals surface area contributed by atoms with Crippen LogP contribution < -0.4 is 0 Å². The predicted molar refractivity (Wildman–Crippen MR) is 73.7 cm³/mol. The SMILES string of the molecule is Oc1ccc2c(c1)CN(CC1CCCCC1)CC2. The van der Waals surface area contributed by atoms with Crippen LogP contribution in [0.3, 0.4) is 0 Å². The molecule has 0 unspecified atom stereocenters. The van der Waals surface area contributed by atoms with E-state index in [9.17, 15) is 5.11 Å². The number of aromatic hydroxyl groups is 1. The molecular formula is C16H23NO.